The van der Waals surface area contributed by atoms with Crippen LogP contribution in [0.15, 0.2) is 6.07 Å². The van der Waals surface area contributed by atoms with E-state index in [0.717, 1.165) is 49.4 Å². The molecule has 0 bridgehead atoms. The molecular weight excluding hydrogens is 262 g/mol. The maximum absolute atomic E-state index is 4.62. The van der Waals surface area contributed by atoms with Crippen LogP contribution in [-0.4, -0.2) is 59.0 Å². The van der Waals surface area contributed by atoms with E-state index < -0.39 is 0 Å². The first-order valence-electron chi connectivity index (χ1n) is 8.26. The second kappa shape index (κ2) is 6.71. The van der Waals surface area contributed by atoms with Crippen LogP contribution in [0, 0.1) is 12.8 Å². The van der Waals surface area contributed by atoms with Gasteiger partial charge in [-0.15, -0.1) is 0 Å². The average Bonchev–Trinajstić information content (AvgIpc) is 3.25. The zero-order chi connectivity index (χ0) is 14.7. The van der Waals surface area contributed by atoms with Crippen molar-refractivity contribution in [2.24, 2.45) is 5.92 Å². The normalized spacial score (nSPS) is 20.7. The Morgan fingerprint density at radius 2 is 1.86 bits per heavy atom. The van der Waals surface area contributed by atoms with E-state index in [9.17, 15) is 0 Å². The highest BCUT2D eigenvalue weighted by Gasteiger charge is 2.26. The van der Waals surface area contributed by atoms with Gasteiger partial charge in [-0.25, -0.2) is 9.97 Å². The zero-order valence-electron chi connectivity index (χ0n) is 13.3. The Hall–Kier alpha value is -1.20. The van der Waals surface area contributed by atoms with Crippen LogP contribution in [0.2, 0.25) is 0 Å². The number of nitrogens with zero attached hydrogens (tertiary/aromatic N) is 4. The Labute approximate surface area is 127 Å². The molecule has 1 saturated heterocycles. The summed E-state index contributed by atoms with van der Waals surface area (Å²) in [6, 6.07) is 2.01. The number of piperazine rings is 1. The monoisotopic (exact) mass is 289 g/mol. The van der Waals surface area contributed by atoms with Gasteiger partial charge in [0.05, 0.1) is 6.54 Å². The third-order valence-corrected chi connectivity index (χ3v) is 4.30. The Kier molecular flexibility index (Phi) is 4.70. The molecule has 0 radical (unpaired) electrons. The fraction of sp³-hybridized carbons (Fsp3) is 0.750. The van der Waals surface area contributed by atoms with Crippen LogP contribution in [0.25, 0.3) is 0 Å². The summed E-state index contributed by atoms with van der Waals surface area (Å²) in [6.07, 6.45) is 2.90. The number of aromatic nitrogens is 2. The van der Waals surface area contributed by atoms with Crippen LogP contribution < -0.4 is 5.32 Å². The number of anilines is 1. The van der Waals surface area contributed by atoms with Crippen molar-refractivity contribution in [1.29, 1.82) is 0 Å². The number of hydrogen-bond donors (Lipinski definition) is 1. The van der Waals surface area contributed by atoms with Gasteiger partial charge in [-0.3, -0.25) is 4.90 Å². The number of nitrogens with one attached hydrogen (secondary N) is 1. The van der Waals surface area contributed by atoms with Crippen LogP contribution in [-0.2, 0) is 6.54 Å². The lowest BCUT2D eigenvalue weighted by Crippen LogP contribution is -2.46. The third kappa shape index (κ3) is 4.38. The molecule has 2 aliphatic rings. The maximum atomic E-state index is 4.62. The summed E-state index contributed by atoms with van der Waals surface area (Å²) >= 11 is 0. The van der Waals surface area contributed by atoms with Crippen molar-refractivity contribution in [2.45, 2.75) is 33.2 Å². The van der Waals surface area contributed by atoms with Crippen LogP contribution >= 0.6 is 0 Å². The SMILES string of the molecule is CCNc1cc(C)nc(CN2CCN(CC3CC3)CC2)n1. The van der Waals surface area contributed by atoms with E-state index in [4.69, 9.17) is 0 Å². The Bertz CT molecular complexity index is 464. The van der Waals surface area contributed by atoms with Gasteiger partial charge in [-0.1, -0.05) is 0 Å². The summed E-state index contributed by atoms with van der Waals surface area (Å²) in [5.41, 5.74) is 1.04. The van der Waals surface area contributed by atoms with E-state index in [1.807, 2.05) is 13.0 Å². The largest absolute Gasteiger partial charge is 0.370 e. The fourth-order valence-corrected chi connectivity index (χ4v) is 2.97. The van der Waals surface area contributed by atoms with Crippen molar-refractivity contribution in [2.75, 3.05) is 44.6 Å². The molecule has 21 heavy (non-hydrogen) atoms. The van der Waals surface area contributed by atoms with Gasteiger partial charge in [0.25, 0.3) is 0 Å². The van der Waals surface area contributed by atoms with Crippen LogP contribution in [0.5, 0.6) is 0 Å². The molecule has 1 N–H and O–H groups in total. The van der Waals surface area contributed by atoms with Crippen LogP contribution in [0.3, 0.4) is 0 Å². The topological polar surface area (TPSA) is 44.3 Å². The van der Waals surface area contributed by atoms with E-state index in [1.54, 1.807) is 0 Å². The molecule has 0 unspecified atom stereocenters. The van der Waals surface area contributed by atoms with E-state index >= 15 is 0 Å². The Balaban J connectivity index is 1.52. The third-order valence-electron chi connectivity index (χ3n) is 4.30. The van der Waals surface area contributed by atoms with Crippen molar-refractivity contribution >= 4 is 5.82 Å². The van der Waals surface area contributed by atoms with Gasteiger partial charge in [-0.2, -0.15) is 0 Å². The quantitative estimate of drug-likeness (QED) is 0.864. The Morgan fingerprint density at radius 3 is 2.52 bits per heavy atom. The van der Waals surface area contributed by atoms with Gasteiger partial charge in [-0.05, 0) is 32.6 Å². The molecule has 0 spiro atoms. The zero-order valence-corrected chi connectivity index (χ0v) is 13.3. The van der Waals surface area contributed by atoms with Gasteiger partial charge in [0.1, 0.15) is 11.6 Å². The van der Waals surface area contributed by atoms with Crippen molar-refractivity contribution in [3.8, 4) is 0 Å². The van der Waals surface area contributed by atoms with Crippen molar-refractivity contribution < 1.29 is 0 Å². The van der Waals surface area contributed by atoms with Gasteiger partial charge < -0.3 is 10.2 Å². The van der Waals surface area contributed by atoms with E-state index in [0.29, 0.717) is 0 Å². The highest BCUT2D eigenvalue weighted by molar-refractivity contribution is 5.35. The predicted octanol–water partition coefficient (Wildman–Crippen LogP) is 1.74. The molecule has 1 aromatic rings. The second-order valence-electron chi connectivity index (χ2n) is 6.36. The molecule has 5 nitrogen and oxygen atoms in total. The van der Waals surface area contributed by atoms with Gasteiger partial charge in [0.2, 0.25) is 0 Å². The minimum absolute atomic E-state index is 0.872. The summed E-state index contributed by atoms with van der Waals surface area (Å²) in [5.74, 6) is 2.90. The summed E-state index contributed by atoms with van der Waals surface area (Å²) in [4.78, 5) is 14.3. The molecule has 3 rings (SSSR count). The highest BCUT2D eigenvalue weighted by atomic mass is 15.3. The van der Waals surface area contributed by atoms with E-state index in [2.05, 4.69) is 32.0 Å². The van der Waals surface area contributed by atoms with Crippen LogP contribution in [0.4, 0.5) is 5.82 Å². The molecule has 0 aromatic carbocycles. The average molecular weight is 289 g/mol. The number of hydrogen-bond acceptors (Lipinski definition) is 5. The summed E-state index contributed by atoms with van der Waals surface area (Å²) in [5, 5.41) is 3.28. The highest BCUT2D eigenvalue weighted by Crippen LogP contribution is 2.29. The molecule has 116 valence electrons. The molecule has 1 aliphatic carbocycles. The maximum Gasteiger partial charge on any atom is 0.144 e. The molecule has 1 aliphatic heterocycles. The molecule has 2 fully saturated rings. The summed E-state index contributed by atoms with van der Waals surface area (Å²) in [6.45, 7) is 11.9. The first-order valence-corrected chi connectivity index (χ1v) is 8.26. The molecule has 0 amide bonds. The van der Waals surface area contributed by atoms with Crippen LogP contribution in [0.1, 0.15) is 31.3 Å². The van der Waals surface area contributed by atoms with E-state index in [1.165, 1.54) is 32.5 Å². The van der Waals surface area contributed by atoms with Gasteiger partial charge in [0.15, 0.2) is 0 Å². The second-order valence-corrected chi connectivity index (χ2v) is 6.36. The molecule has 2 heterocycles. The van der Waals surface area contributed by atoms with Crippen molar-refractivity contribution in [1.82, 2.24) is 19.8 Å². The van der Waals surface area contributed by atoms with Gasteiger partial charge in [0, 0.05) is 51.0 Å². The minimum Gasteiger partial charge on any atom is -0.370 e. The van der Waals surface area contributed by atoms with Crippen molar-refractivity contribution in [3.63, 3.8) is 0 Å². The lowest BCUT2D eigenvalue weighted by atomic mass is 10.2. The first kappa shape index (κ1) is 14.7. The Morgan fingerprint density at radius 1 is 1.14 bits per heavy atom. The smallest absolute Gasteiger partial charge is 0.144 e. The summed E-state index contributed by atoms with van der Waals surface area (Å²) < 4.78 is 0. The number of rotatable bonds is 6. The van der Waals surface area contributed by atoms with E-state index in [-0.39, 0.29) is 0 Å². The standard InChI is InChI=1S/C16H27N5/c1-3-17-15-10-13(2)18-16(19-15)12-21-8-6-20(7-9-21)11-14-4-5-14/h10,14H,3-9,11-12H2,1-2H3,(H,17,18,19). The lowest BCUT2D eigenvalue weighted by Gasteiger charge is -2.34. The fourth-order valence-electron chi connectivity index (χ4n) is 2.97. The lowest BCUT2D eigenvalue weighted by molar-refractivity contribution is 0.121. The molecule has 1 saturated carbocycles. The minimum atomic E-state index is 0.872. The molecule has 1 aromatic heterocycles. The van der Waals surface area contributed by atoms with Crippen molar-refractivity contribution in [3.05, 3.63) is 17.6 Å². The summed E-state index contributed by atoms with van der Waals surface area (Å²) in [7, 11) is 0. The molecular formula is C16H27N5. The number of aryl methyl sites for hydroxylation is 1. The predicted molar refractivity (Wildman–Crippen MR) is 85.4 cm³/mol. The first-order chi connectivity index (χ1) is 10.2. The molecule has 5 heteroatoms. The van der Waals surface area contributed by atoms with Gasteiger partial charge >= 0.3 is 0 Å². The molecule has 0 atom stereocenters.